The maximum atomic E-state index is 12.5. The number of amides is 1. The van der Waals surface area contributed by atoms with Gasteiger partial charge in [-0.3, -0.25) is 4.79 Å². The van der Waals surface area contributed by atoms with E-state index in [9.17, 15) is 4.79 Å². The molecule has 104 valence electrons. The smallest absolute Gasteiger partial charge is 0.259 e. The molecule has 1 aromatic rings. The summed E-state index contributed by atoms with van der Waals surface area (Å²) >= 11 is 0. The van der Waals surface area contributed by atoms with Crippen LogP contribution in [0.3, 0.4) is 0 Å². The molecule has 1 fully saturated rings. The van der Waals surface area contributed by atoms with Gasteiger partial charge in [-0.2, -0.15) is 0 Å². The number of methoxy groups -OCH3 is 1. The lowest BCUT2D eigenvalue weighted by atomic mass is 10.1. The Hall–Kier alpha value is -1.79. The summed E-state index contributed by atoms with van der Waals surface area (Å²) in [5, 5.41) is 9.10. The molecule has 1 amide bonds. The van der Waals surface area contributed by atoms with Gasteiger partial charge >= 0.3 is 0 Å². The zero-order valence-corrected chi connectivity index (χ0v) is 10.8. The summed E-state index contributed by atoms with van der Waals surface area (Å²) in [6, 6.07) is 5.11. The van der Waals surface area contributed by atoms with Gasteiger partial charge in [0.1, 0.15) is 11.3 Å². The van der Waals surface area contributed by atoms with Gasteiger partial charge in [-0.25, -0.2) is 0 Å². The van der Waals surface area contributed by atoms with Gasteiger partial charge in [0, 0.05) is 18.8 Å². The van der Waals surface area contributed by atoms with Crippen molar-refractivity contribution >= 4 is 11.6 Å². The normalized spacial score (nSPS) is 19.3. The van der Waals surface area contributed by atoms with Crippen LogP contribution in [-0.4, -0.2) is 55.4 Å². The fourth-order valence-electron chi connectivity index (χ4n) is 2.12. The Morgan fingerprint density at radius 2 is 2.42 bits per heavy atom. The molecule has 1 atom stereocenters. The molecule has 1 aromatic carbocycles. The summed E-state index contributed by atoms with van der Waals surface area (Å²) in [4.78, 5) is 14.1. The minimum absolute atomic E-state index is 0.106. The van der Waals surface area contributed by atoms with Crippen LogP contribution in [0.25, 0.3) is 0 Å². The summed E-state index contributed by atoms with van der Waals surface area (Å²) < 4.78 is 10.5. The number of morpholine rings is 1. The monoisotopic (exact) mass is 266 g/mol. The van der Waals surface area contributed by atoms with E-state index >= 15 is 0 Å². The number of rotatable bonds is 3. The standard InChI is InChI=1S/C13H18N2O4/c1-18-11-4-2-3-10(14)12(11)13(17)15-5-6-19-9(7-15)8-16/h2-4,9,16H,5-8,14H2,1H3. The highest BCUT2D eigenvalue weighted by Gasteiger charge is 2.27. The molecule has 0 aliphatic carbocycles. The summed E-state index contributed by atoms with van der Waals surface area (Å²) in [5.74, 6) is 0.258. The first kappa shape index (κ1) is 13.6. The van der Waals surface area contributed by atoms with Gasteiger partial charge in [0.15, 0.2) is 0 Å². The maximum absolute atomic E-state index is 12.5. The number of benzene rings is 1. The molecule has 0 radical (unpaired) electrons. The SMILES string of the molecule is COc1cccc(N)c1C(=O)N1CCOC(CO)C1. The highest BCUT2D eigenvalue weighted by molar-refractivity contribution is 6.01. The molecule has 19 heavy (non-hydrogen) atoms. The first-order valence-corrected chi connectivity index (χ1v) is 6.11. The van der Waals surface area contributed by atoms with Crippen molar-refractivity contribution in [3.63, 3.8) is 0 Å². The second-order valence-electron chi connectivity index (χ2n) is 4.35. The lowest BCUT2D eigenvalue weighted by molar-refractivity contribution is -0.0447. The van der Waals surface area contributed by atoms with Crippen molar-refractivity contribution in [1.82, 2.24) is 4.90 Å². The number of nitrogen functional groups attached to an aromatic ring is 1. The molecular formula is C13H18N2O4. The zero-order valence-electron chi connectivity index (χ0n) is 10.8. The second kappa shape index (κ2) is 5.90. The Morgan fingerprint density at radius 3 is 3.11 bits per heavy atom. The summed E-state index contributed by atoms with van der Waals surface area (Å²) in [7, 11) is 1.50. The molecule has 2 rings (SSSR count). The third-order valence-corrected chi connectivity index (χ3v) is 3.12. The van der Waals surface area contributed by atoms with E-state index in [0.29, 0.717) is 36.7 Å². The van der Waals surface area contributed by atoms with Crippen LogP contribution in [0.2, 0.25) is 0 Å². The van der Waals surface area contributed by atoms with Gasteiger partial charge in [0.25, 0.3) is 5.91 Å². The molecule has 1 aliphatic heterocycles. The van der Waals surface area contributed by atoms with Crippen LogP contribution in [0, 0.1) is 0 Å². The number of ether oxygens (including phenoxy) is 2. The number of aliphatic hydroxyl groups is 1. The topological polar surface area (TPSA) is 85.0 Å². The molecule has 0 aromatic heterocycles. The highest BCUT2D eigenvalue weighted by atomic mass is 16.5. The van der Waals surface area contributed by atoms with Crippen molar-refractivity contribution in [2.75, 3.05) is 39.1 Å². The minimum Gasteiger partial charge on any atom is -0.496 e. The van der Waals surface area contributed by atoms with Gasteiger partial charge in [-0.05, 0) is 12.1 Å². The highest BCUT2D eigenvalue weighted by Crippen LogP contribution is 2.26. The fraction of sp³-hybridized carbons (Fsp3) is 0.462. The van der Waals surface area contributed by atoms with E-state index in [1.54, 1.807) is 23.1 Å². The van der Waals surface area contributed by atoms with Crippen molar-refractivity contribution in [3.05, 3.63) is 23.8 Å². The lowest BCUT2D eigenvalue weighted by Crippen LogP contribution is -2.47. The van der Waals surface area contributed by atoms with Crippen LogP contribution < -0.4 is 10.5 Å². The fourth-order valence-corrected chi connectivity index (χ4v) is 2.12. The average Bonchev–Trinajstić information content (AvgIpc) is 2.46. The van der Waals surface area contributed by atoms with Crippen LogP contribution in [-0.2, 0) is 4.74 Å². The molecule has 1 saturated heterocycles. The van der Waals surface area contributed by atoms with E-state index in [0.717, 1.165) is 0 Å². The Labute approximate surface area is 111 Å². The van der Waals surface area contributed by atoms with Crippen LogP contribution in [0.5, 0.6) is 5.75 Å². The van der Waals surface area contributed by atoms with Gasteiger partial charge in [0.05, 0.1) is 26.4 Å². The quantitative estimate of drug-likeness (QED) is 0.759. The summed E-state index contributed by atoms with van der Waals surface area (Å²) in [6.45, 7) is 1.14. The van der Waals surface area contributed by atoms with Crippen LogP contribution in [0.1, 0.15) is 10.4 Å². The Kier molecular flexibility index (Phi) is 4.24. The number of hydrogen-bond donors (Lipinski definition) is 2. The molecule has 3 N–H and O–H groups in total. The molecule has 6 nitrogen and oxygen atoms in total. The predicted octanol–water partition coefficient (Wildman–Crippen LogP) is 0.111. The van der Waals surface area contributed by atoms with Gasteiger partial charge < -0.3 is 25.2 Å². The zero-order chi connectivity index (χ0) is 13.8. The molecule has 1 unspecified atom stereocenters. The molecular weight excluding hydrogens is 248 g/mol. The number of nitrogens with zero attached hydrogens (tertiary/aromatic N) is 1. The Morgan fingerprint density at radius 1 is 1.63 bits per heavy atom. The third kappa shape index (κ3) is 2.80. The van der Waals surface area contributed by atoms with Gasteiger partial charge in [-0.15, -0.1) is 0 Å². The van der Waals surface area contributed by atoms with Crippen molar-refractivity contribution in [2.45, 2.75) is 6.10 Å². The Bertz CT molecular complexity index is 464. The molecule has 0 spiro atoms. The third-order valence-electron chi connectivity index (χ3n) is 3.12. The van der Waals surface area contributed by atoms with Crippen LogP contribution in [0.4, 0.5) is 5.69 Å². The van der Waals surface area contributed by atoms with Crippen molar-refractivity contribution in [3.8, 4) is 5.75 Å². The van der Waals surface area contributed by atoms with E-state index in [1.807, 2.05) is 0 Å². The summed E-state index contributed by atoms with van der Waals surface area (Å²) in [6.07, 6.45) is -0.339. The molecule has 1 heterocycles. The van der Waals surface area contributed by atoms with E-state index in [4.69, 9.17) is 20.3 Å². The van der Waals surface area contributed by atoms with E-state index < -0.39 is 0 Å². The van der Waals surface area contributed by atoms with Crippen molar-refractivity contribution in [1.29, 1.82) is 0 Å². The average molecular weight is 266 g/mol. The maximum Gasteiger partial charge on any atom is 0.259 e. The first-order valence-electron chi connectivity index (χ1n) is 6.11. The Balaban J connectivity index is 2.24. The van der Waals surface area contributed by atoms with Crippen molar-refractivity contribution in [2.24, 2.45) is 0 Å². The molecule has 0 bridgehead atoms. The number of anilines is 1. The van der Waals surface area contributed by atoms with Gasteiger partial charge in [0.2, 0.25) is 0 Å². The number of hydrogen-bond acceptors (Lipinski definition) is 5. The van der Waals surface area contributed by atoms with Crippen LogP contribution in [0.15, 0.2) is 18.2 Å². The molecule has 6 heteroatoms. The van der Waals surface area contributed by atoms with E-state index in [2.05, 4.69) is 0 Å². The lowest BCUT2D eigenvalue weighted by Gasteiger charge is -2.32. The van der Waals surface area contributed by atoms with E-state index in [1.165, 1.54) is 7.11 Å². The van der Waals surface area contributed by atoms with E-state index in [-0.39, 0.29) is 18.6 Å². The largest absolute Gasteiger partial charge is 0.496 e. The second-order valence-corrected chi connectivity index (χ2v) is 4.35. The number of carbonyl (C=O) groups is 1. The van der Waals surface area contributed by atoms with Gasteiger partial charge in [-0.1, -0.05) is 6.07 Å². The number of nitrogens with two attached hydrogens (primary N) is 1. The first-order chi connectivity index (χ1) is 9.17. The molecule has 0 saturated carbocycles. The summed E-state index contributed by atoms with van der Waals surface area (Å²) in [5.41, 5.74) is 6.61. The molecule has 1 aliphatic rings. The van der Waals surface area contributed by atoms with Crippen LogP contribution >= 0.6 is 0 Å². The predicted molar refractivity (Wildman–Crippen MR) is 70.1 cm³/mol. The van der Waals surface area contributed by atoms with Crippen molar-refractivity contribution < 1.29 is 19.4 Å². The minimum atomic E-state index is -0.339. The number of carbonyl (C=O) groups excluding carboxylic acids is 1. The number of aliphatic hydroxyl groups excluding tert-OH is 1.